The van der Waals surface area contributed by atoms with Gasteiger partial charge in [-0.05, 0) is 30.3 Å². The average Bonchev–Trinajstić information content (AvgIpc) is 2.43. The molecule has 0 unspecified atom stereocenters. The number of hydrogen-bond donors (Lipinski definition) is 1. The van der Waals surface area contributed by atoms with Crippen LogP contribution in [0.5, 0.6) is 5.75 Å². The zero-order chi connectivity index (χ0) is 15.6. The number of anilines is 1. The number of sulfonamides is 1. The molecule has 1 N–H and O–H groups in total. The summed E-state index contributed by atoms with van der Waals surface area (Å²) >= 11 is 5.75. The predicted molar refractivity (Wildman–Crippen MR) is 75.2 cm³/mol. The fourth-order valence-electron chi connectivity index (χ4n) is 1.65. The van der Waals surface area contributed by atoms with Gasteiger partial charge in [-0.3, -0.25) is 4.72 Å². The lowest BCUT2D eigenvalue weighted by atomic mass is 10.3. The molecule has 0 saturated heterocycles. The molecule has 8 heteroatoms. The summed E-state index contributed by atoms with van der Waals surface area (Å²) in [5.74, 6) is -2.05. The molecule has 0 saturated carbocycles. The summed E-state index contributed by atoms with van der Waals surface area (Å²) in [6, 6.07) is 6.91. The number of halogens is 3. The third kappa shape index (κ3) is 3.25. The van der Waals surface area contributed by atoms with E-state index in [2.05, 4.69) is 0 Å². The van der Waals surface area contributed by atoms with Crippen LogP contribution in [0.3, 0.4) is 0 Å². The zero-order valence-electron chi connectivity index (χ0n) is 10.7. The molecule has 2 rings (SSSR count). The Morgan fingerprint density at radius 3 is 2.33 bits per heavy atom. The van der Waals surface area contributed by atoms with Crippen LogP contribution in [0, 0.1) is 11.6 Å². The molecule has 2 aromatic carbocycles. The van der Waals surface area contributed by atoms with Gasteiger partial charge in [0.25, 0.3) is 10.0 Å². The van der Waals surface area contributed by atoms with Crippen molar-refractivity contribution in [3.05, 3.63) is 53.1 Å². The van der Waals surface area contributed by atoms with Gasteiger partial charge in [0.15, 0.2) is 0 Å². The minimum Gasteiger partial charge on any atom is -0.495 e. The van der Waals surface area contributed by atoms with E-state index in [1.54, 1.807) is 0 Å². The fourth-order valence-corrected chi connectivity index (χ4v) is 3.15. The van der Waals surface area contributed by atoms with E-state index in [4.69, 9.17) is 16.3 Å². The number of methoxy groups -OCH3 is 1. The highest BCUT2D eigenvalue weighted by Crippen LogP contribution is 2.30. The lowest BCUT2D eigenvalue weighted by Gasteiger charge is -2.12. The minimum atomic E-state index is -4.26. The van der Waals surface area contributed by atoms with Gasteiger partial charge in [0.1, 0.15) is 28.0 Å². The minimum absolute atomic E-state index is 0.00338. The standard InChI is InChI=1S/C13H10ClF2NO3S/c1-20-11-6-5-8(14)7-12(11)21(18,19)17-13-9(15)3-2-4-10(13)16/h2-7,17H,1H3. The van der Waals surface area contributed by atoms with Gasteiger partial charge in [-0.25, -0.2) is 17.2 Å². The van der Waals surface area contributed by atoms with Gasteiger partial charge in [0.2, 0.25) is 0 Å². The quantitative estimate of drug-likeness (QED) is 0.932. The number of para-hydroxylation sites is 1. The van der Waals surface area contributed by atoms with Crippen LogP contribution >= 0.6 is 11.6 Å². The molecular formula is C13H10ClF2NO3S. The van der Waals surface area contributed by atoms with Crippen LogP contribution in [0.1, 0.15) is 0 Å². The summed E-state index contributed by atoms with van der Waals surface area (Å²) < 4.78 is 58.4. The molecule has 0 aliphatic heterocycles. The summed E-state index contributed by atoms with van der Waals surface area (Å²) in [7, 11) is -2.99. The third-order valence-electron chi connectivity index (χ3n) is 2.61. The van der Waals surface area contributed by atoms with Gasteiger partial charge in [-0.15, -0.1) is 0 Å². The van der Waals surface area contributed by atoms with Gasteiger partial charge in [-0.1, -0.05) is 17.7 Å². The van der Waals surface area contributed by atoms with Crippen molar-refractivity contribution in [2.24, 2.45) is 0 Å². The molecule has 0 aromatic heterocycles. The Morgan fingerprint density at radius 1 is 1.14 bits per heavy atom. The van der Waals surface area contributed by atoms with E-state index < -0.39 is 27.3 Å². The summed E-state index contributed by atoms with van der Waals surface area (Å²) in [5.41, 5.74) is -0.764. The van der Waals surface area contributed by atoms with Crippen molar-refractivity contribution in [1.29, 1.82) is 0 Å². The molecule has 0 atom stereocenters. The second kappa shape index (κ2) is 5.87. The number of hydrogen-bond acceptors (Lipinski definition) is 3. The molecule has 0 spiro atoms. The van der Waals surface area contributed by atoms with Gasteiger partial charge < -0.3 is 4.74 Å². The lowest BCUT2D eigenvalue weighted by molar-refractivity contribution is 0.403. The second-order valence-electron chi connectivity index (χ2n) is 4.00. The van der Waals surface area contributed by atoms with E-state index in [0.717, 1.165) is 24.3 Å². The Bertz CT molecular complexity index is 761. The van der Waals surface area contributed by atoms with Crippen molar-refractivity contribution < 1.29 is 21.9 Å². The molecule has 0 radical (unpaired) electrons. The first-order valence-electron chi connectivity index (χ1n) is 5.65. The zero-order valence-corrected chi connectivity index (χ0v) is 12.3. The van der Waals surface area contributed by atoms with Crippen LogP contribution in [0.4, 0.5) is 14.5 Å². The smallest absolute Gasteiger partial charge is 0.265 e. The van der Waals surface area contributed by atoms with E-state index in [-0.39, 0.29) is 15.7 Å². The van der Waals surface area contributed by atoms with Crippen LogP contribution < -0.4 is 9.46 Å². The summed E-state index contributed by atoms with van der Waals surface area (Å²) in [6.07, 6.45) is 0. The van der Waals surface area contributed by atoms with Crippen LogP contribution in [-0.4, -0.2) is 15.5 Å². The summed E-state index contributed by atoms with van der Waals surface area (Å²) in [6.45, 7) is 0. The average molecular weight is 334 g/mol. The van der Waals surface area contributed by atoms with Crippen molar-refractivity contribution >= 4 is 27.3 Å². The van der Waals surface area contributed by atoms with Crippen LogP contribution in [0.2, 0.25) is 5.02 Å². The Labute approximate surface area is 125 Å². The maximum atomic E-state index is 13.5. The molecule has 0 heterocycles. The van der Waals surface area contributed by atoms with Crippen molar-refractivity contribution in [3.63, 3.8) is 0 Å². The maximum absolute atomic E-state index is 13.5. The number of benzene rings is 2. The molecule has 0 amide bonds. The van der Waals surface area contributed by atoms with Crippen molar-refractivity contribution in [2.45, 2.75) is 4.90 Å². The fraction of sp³-hybridized carbons (Fsp3) is 0.0769. The second-order valence-corrected chi connectivity index (χ2v) is 6.08. The van der Waals surface area contributed by atoms with Crippen molar-refractivity contribution in [2.75, 3.05) is 11.8 Å². The van der Waals surface area contributed by atoms with Gasteiger partial charge in [0.05, 0.1) is 7.11 Å². The lowest BCUT2D eigenvalue weighted by Crippen LogP contribution is -2.16. The number of nitrogens with one attached hydrogen (secondary N) is 1. The molecular weight excluding hydrogens is 324 g/mol. The van der Waals surface area contributed by atoms with E-state index in [1.807, 2.05) is 4.72 Å². The summed E-state index contributed by atoms with van der Waals surface area (Å²) in [5, 5.41) is 0.144. The van der Waals surface area contributed by atoms with Crippen LogP contribution in [0.25, 0.3) is 0 Å². The Kier molecular flexibility index (Phi) is 4.34. The normalized spacial score (nSPS) is 11.2. The Balaban J connectivity index is 2.51. The maximum Gasteiger partial charge on any atom is 0.265 e. The number of rotatable bonds is 4. The Morgan fingerprint density at radius 2 is 1.76 bits per heavy atom. The van der Waals surface area contributed by atoms with Crippen LogP contribution in [0.15, 0.2) is 41.3 Å². The predicted octanol–water partition coefficient (Wildman–Crippen LogP) is 3.43. The topological polar surface area (TPSA) is 55.4 Å². The molecule has 21 heavy (non-hydrogen) atoms. The number of ether oxygens (including phenoxy) is 1. The van der Waals surface area contributed by atoms with Crippen molar-refractivity contribution in [3.8, 4) is 5.75 Å². The highest BCUT2D eigenvalue weighted by molar-refractivity contribution is 7.92. The highest BCUT2D eigenvalue weighted by Gasteiger charge is 2.23. The Hall–Kier alpha value is -1.86. The SMILES string of the molecule is COc1ccc(Cl)cc1S(=O)(=O)Nc1c(F)cccc1F. The highest BCUT2D eigenvalue weighted by atomic mass is 35.5. The first-order valence-corrected chi connectivity index (χ1v) is 7.51. The summed E-state index contributed by atoms with van der Waals surface area (Å²) in [4.78, 5) is -0.319. The van der Waals surface area contributed by atoms with E-state index in [1.165, 1.54) is 19.2 Å². The first kappa shape index (κ1) is 15.5. The molecule has 4 nitrogen and oxygen atoms in total. The molecule has 0 aliphatic rings. The van der Waals surface area contributed by atoms with Gasteiger partial charge in [-0.2, -0.15) is 0 Å². The first-order chi connectivity index (χ1) is 9.85. The third-order valence-corrected chi connectivity index (χ3v) is 4.22. The van der Waals surface area contributed by atoms with E-state index in [0.29, 0.717) is 0 Å². The molecule has 0 fully saturated rings. The van der Waals surface area contributed by atoms with Gasteiger partial charge >= 0.3 is 0 Å². The largest absolute Gasteiger partial charge is 0.495 e. The van der Waals surface area contributed by atoms with Crippen LogP contribution in [-0.2, 0) is 10.0 Å². The van der Waals surface area contributed by atoms with Crippen molar-refractivity contribution in [1.82, 2.24) is 0 Å². The molecule has 0 aliphatic carbocycles. The van der Waals surface area contributed by atoms with E-state index >= 15 is 0 Å². The van der Waals surface area contributed by atoms with Gasteiger partial charge in [0, 0.05) is 5.02 Å². The monoisotopic (exact) mass is 333 g/mol. The molecule has 0 bridgehead atoms. The molecule has 2 aromatic rings. The van der Waals surface area contributed by atoms with E-state index in [9.17, 15) is 17.2 Å². The molecule has 112 valence electrons.